The maximum atomic E-state index is 13.7. The molecule has 0 spiro atoms. The molecule has 3 rings (SSSR count). The van der Waals surface area contributed by atoms with Crippen LogP contribution < -0.4 is 0 Å². The lowest BCUT2D eigenvalue weighted by Crippen LogP contribution is -2.17. The second kappa shape index (κ2) is 5.87. The van der Waals surface area contributed by atoms with Gasteiger partial charge in [-0.05, 0) is 43.2 Å². The van der Waals surface area contributed by atoms with Gasteiger partial charge in [0, 0.05) is 44.0 Å². The van der Waals surface area contributed by atoms with E-state index in [-0.39, 0.29) is 5.82 Å². The zero-order valence-corrected chi connectivity index (χ0v) is 14.3. The van der Waals surface area contributed by atoms with Crippen LogP contribution in [0.25, 0.3) is 11.3 Å². The molecule has 0 amide bonds. The highest BCUT2D eigenvalue weighted by Gasteiger charge is 2.24. The first-order chi connectivity index (χ1) is 11.2. The van der Waals surface area contributed by atoms with E-state index < -0.39 is 5.60 Å². The molecule has 0 saturated carbocycles. The molecule has 6 heteroatoms. The van der Waals surface area contributed by atoms with Gasteiger partial charge in [0.25, 0.3) is 0 Å². The van der Waals surface area contributed by atoms with Crippen molar-refractivity contribution in [2.45, 2.75) is 25.9 Å². The van der Waals surface area contributed by atoms with Crippen molar-refractivity contribution < 1.29 is 9.50 Å². The number of hydrogen-bond donors (Lipinski definition) is 1. The molecule has 3 aromatic rings. The smallest absolute Gasteiger partial charge is 0.123 e. The first kappa shape index (κ1) is 16.4. The molecule has 1 N–H and O–H groups in total. The molecular weight excluding hydrogens is 307 g/mol. The van der Waals surface area contributed by atoms with Gasteiger partial charge in [-0.15, -0.1) is 0 Å². The molecule has 0 saturated heterocycles. The second-order valence-corrected chi connectivity index (χ2v) is 6.62. The molecule has 126 valence electrons. The molecule has 24 heavy (non-hydrogen) atoms. The van der Waals surface area contributed by atoms with Crippen LogP contribution in [-0.2, 0) is 26.1 Å². The van der Waals surface area contributed by atoms with Crippen LogP contribution in [0.5, 0.6) is 0 Å². The number of aliphatic hydroxyl groups is 1. The van der Waals surface area contributed by atoms with Gasteiger partial charge in [0.2, 0.25) is 0 Å². The van der Waals surface area contributed by atoms with E-state index in [2.05, 4.69) is 10.2 Å². The minimum atomic E-state index is -1.17. The highest BCUT2D eigenvalue weighted by Crippen LogP contribution is 2.34. The Morgan fingerprint density at radius 2 is 1.92 bits per heavy atom. The van der Waals surface area contributed by atoms with E-state index in [1.54, 1.807) is 29.3 Å². The molecule has 5 nitrogen and oxygen atoms in total. The van der Waals surface area contributed by atoms with E-state index in [4.69, 9.17) is 0 Å². The van der Waals surface area contributed by atoms with Gasteiger partial charge in [0.1, 0.15) is 5.82 Å². The molecule has 0 aliphatic rings. The fourth-order valence-corrected chi connectivity index (χ4v) is 2.91. The van der Waals surface area contributed by atoms with Crippen LogP contribution in [0.2, 0.25) is 0 Å². The Balaban J connectivity index is 2.10. The van der Waals surface area contributed by atoms with Gasteiger partial charge in [-0.2, -0.15) is 10.2 Å². The average Bonchev–Trinajstić information content (AvgIpc) is 3.04. The molecule has 0 bridgehead atoms. The summed E-state index contributed by atoms with van der Waals surface area (Å²) in [4.78, 5) is 0. The largest absolute Gasteiger partial charge is 0.386 e. The quantitative estimate of drug-likeness (QED) is 0.801. The molecule has 0 aliphatic heterocycles. The van der Waals surface area contributed by atoms with E-state index >= 15 is 0 Å². The van der Waals surface area contributed by atoms with Gasteiger partial charge < -0.3 is 5.11 Å². The summed E-state index contributed by atoms with van der Waals surface area (Å²) in [5, 5.41) is 19.2. The summed E-state index contributed by atoms with van der Waals surface area (Å²) >= 11 is 0. The summed E-state index contributed by atoms with van der Waals surface area (Å²) in [7, 11) is 3.73. The highest BCUT2D eigenvalue weighted by molar-refractivity contribution is 5.68. The lowest BCUT2D eigenvalue weighted by atomic mass is 9.90. The molecule has 2 heterocycles. The maximum absolute atomic E-state index is 13.7. The third-order valence-corrected chi connectivity index (χ3v) is 3.95. The van der Waals surface area contributed by atoms with Crippen LogP contribution in [0.1, 0.15) is 30.5 Å². The van der Waals surface area contributed by atoms with E-state index in [0.717, 1.165) is 22.4 Å². The number of aryl methyl sites for hydroxylation is 2. The molecule has 0 radical (unpaired) electrons. The van der Waals surface area contributed by atoms with E-state index in [9.17, 15) is 9.50 Å². The monoisotopic (exact) mass is 328 g/mol. The lowest BCUT2D eigenvalue weighted by molar-refractivity contribution is 0.0788. The summed E-state index contributed by atoms with van der Waals surface area (Å²) in [5.74, 6) is -0.374. The van der Waals surface area contributed by atoms with Crippen LogP contribution >= 0.6 is 0 Å². The van der Waals surface area contributed by atoms with Crippen molar-refractivity contribution in [1.82, 2.24) is 19.6 Å². The van der Waals surface area contributed by atoms with Gasteiger partial charge in [-0.1, -0.05) is 0 Å². The average molecular weight is 328 g/mol. The Kier molecular flexibility index (Phi) is 4.01. The molecule has 1 aromatic carbocycles. The lowest BCUT2D eigenvalue weighted by Gasteiger charge is -2.21. The van der Waals surface area contributed by atoms with Crippen molar-refractivity contribution in [2.75, 3.05) is 0 Å². The number of aromatic nitrogens is 4. The molecule has 0 atom stereocenters. The van der Waals surface area contributed by atoms with Crippen molar-refractivity contribution in [3.8, 4) is 11.3 Å². The summed E-state index contributed by atoms with van der Waals surface area (Å²) in [6, 6.07) is 4.45. The zero-order chi connectivity index (χ0) is 17.5. The van der Waals surface area contributed by atoms with Gasteiger partial charge in [-0.25, -0.2) is 4.39 Å². The summed E-state index contributed by atoms with van der Waals surface area (Å²) in [6.45, 7) is 3.30. The minimum Gasteiger partial charge on any atom is -0.386 e. The van der Waals surface area contributed by atoms with E-state index in [1.165, 1.54) is 12.1 Å². The second-order valence-electron chi connectivity index (χ2n) is 6.62. The van der Waals surface area contributed by atoms with E-state index in [1.807, 2.05) is 32.7 Å². The van der Waals surface area contributed by atoms with Crippen LogP contribution in [0, 0.1) is 5.82 Å². The summed E-state index contributed by atoms with van der Waals surface area (Å²) in [5.41, 5.74) is 2.91. The Hall–Kier alpha value is -2.47. The highest BCUT2D eigenvalue weighted by atomic mass is 19.1. The Morgan fingerprint density at radius 1 is 1.17 bits per heavy atom. The molecule has 2 aromatic heterocycles. The third kappa shape index (κ3) is 3.23. The number of benzene rings is 1. The van der Waals surface area contributed by atoms with Gasteiger partial charge in [0.15, 0.2) is 0 Å². The standard InChI is InChI=1S/C18H21FN4O/c1-18(2,24)16-8-14(19)5-6-15(16)17-13(11-23(4)21-17)7-12-9-20-22(3)10-12/h5-6,8-11,24H,7H2,1-4H3. The Labute approximate surface area is 140 Å². The number of hydrogen-bond acceptors (Lipinski definition) is 3. The molecule has 0 unspecified atom stereocenters. The van der Waals surface area contributed by atoms with Crippen LogP contribution in [0.3, 0.4) is 0 Å². The maximum Gasteiger partial charge on any atom is 0.123 e. The van der Waals surface area contributed by atoms with Crippen molar-refractivity contribution in [2.24, 2.45) is 14.1 Å². The number of nitrogens with zero attached hydrogens (tertiary/aromatic N) is 4. The molecule has 0 aliphatic carbocycles. The fraction of sp³-hybridized carbons (Fsp3) is 0.333. The number of rotatable bonds is 4. The molecular formula is C18H21FN4O. The summed E-state index contributed by atoms with van der Waals surface area (Å²) in [6.07, 6.45) is 6.39. The van der Waals surface area contributed by atoms with Crippen molar-refractivity contribution >= 4 is 0 Å². The van der Waals surface area contributed by atoms with E-state index in [0.29, 0.717) is 12.0 Å². The zero-order valence-electron chi connectivity index (χ0n) is 14.3. The predicted octanol–water partition coefficient (Wildman–Crippen LogP) is 2.78. The van der Waals surface area contributed by atoms with Gasteiger partial charge in [0.05, 0.1) is 17.5 Å². The normalized spacial score (nSPS) is 11.9. The van der Waals surface area contributed by atoms with Crippen molar-refractivity contribution in [3.63, 3.8) is 0 Å². The van der Waals surface area contributed by atoms with Crippen LogP contribution in [-0.4, -0.2) is 24.7 Å². The first-order valence-corrected chi connectivity index (χ1v) is 7.77. The topological polar surface area (TPSA) is 55.9 Å². The predicted molar refractivity (Wildman–Crippen MR) is 89.9 cm³/mol. The number of halogens is 1. The van der Waals surface area contributed by atoms with Crippen molar-refractivity contribution in [3.05, 3.63) is 59.3 Å². The first-order valence-electron chi connectivity index (χ1n) is 7.77. The fourth-order valence-electron chi connectivity index (χ4n) is 2.91. The van der Waals surface area contributed by atoms with Crippen LogP contribution in [0.15, 0.2) is 36.8 Å². The van der Waals surface area contributed by atoms with Gasteiger partial charge >= 0.3 is 0 Å². The Bertz CT molecular complexity index is 874. The molecule has 0 fully saturated rings. The van der Waals surface area contributed by atoms with Crippen LogP contribution in [0.4, 0.5) is 4.39 Å². The minimum absolute atomic E-state index is 0.374. The summed E-state index contributed by atoms with van der Waals surface area (Å²) < 4.78 is 17.2. The SMILES string of the molecule is Cn1cc(Cc2cn(C)nc2-c2ccc(F)cc2C(C)(C)O)cn1. The third-order valence-electron chi connectivity index (χ3n) is 3.95. The van der Waals surface area contributed by atoms with Crippen molar-refractivity contribution in [1.29, 1.82) is 0 Å². The Morgan fingerprint density at radius 3 is 2.54 bits per heavy atom. The van der Waals surface area contributed by atoms with Gasteiger partial charge in [-0.3, -0.25) is 9.36 Å².